The van der Waals surface area contributed by atoms with Crippen LogP contribution in [0.3, 0.4) is 0 Å². The lowest BCUT2D eigenvalue weighted by atomic mass is 9.86. The fraction of sp³-hybridized carbons (Fsp3) is 0.280. The van der Waals surface area contributed by atoms with Crippen molar-refractivity contribution in [3.05, 3.63) is 58.3 Å². The third-order valence-electron chi connectivity index (χ3n) is 6.61. The fourth-order valence-electron chi connectivity index (χ4n) is 5.17. The fourth-order valence-corrected chi connectivity index (χ4v) is 5.17. The summed E-state index contributed by atoms with van der Waals surface area (Å²) in [6.07, 6.45) is -2.08. The van der Waals surface area contributed by atoms with Gasteiger partial charge >= 0.3 is 6.16 Å². The van der Waals surface area contributed by atoms with Gasteiger partial charge in [-0.1, -0.05) is 30.3 Å². The molecule has 6 rings (SSSR count). The van der Waals surface area contributed by atoms with Crippen molar-refractivity contribution in [3.63, 3.8) is 0 Å². The zero-order valence-corrected chi connectivity index (χ0v) is 18.1. The molecule has 0 saturated carbocycles. The maximum Gasteiger partial charge on any atom is 0.509 e. The van der Waals surface area contributed by atoms with Gasteiger partial charge in [0, 0.05) is 13.1 Å². The van der Waals surface area contributed by atoms with Crippen LogP contribution in [0.5, 0.6) is 11.5 Å². The number of hydrogen-bond donors (Lipinski definition) is 0. The molecule has 0 spiro atoms. The van der Waals surface area contributed by atoms with E-state index in [0.717, 1.165) is 16.3 Å². The second-order valence-electron chi connectivity index (χ2n) is 8.82. The van der Waals surface area contributed by atoms with Gasteiger partial charge in [0.1, 0.15) is 17.1 Å². The Morgan fingerprint density at radius 1 is 1.03 bits per heavy atom. The van der Waals surface area contributed by atoms with Gasteiger partial charge in [-0.3, -0.25) is 4.79 Å². The van der Waals surface area contributed by atoms with E-state index in [1.165, 1.54) is 7.11 Å². The molecule has 2 aliphatic rings. The second-order valence-corrected chi connectivity index (χ2v) is 8.82. The summed E-state index contributed by atoms with van der Waals surface area (Å²) in [5, 5.41) is 2.89. The molecule has 32 heavy (non-hydrogen) atoms. The number of hydrogen-bond acceptors (Lipinski definition) is 6. The summed E-state index contributed by atoms with van der Waals surface area (Å²) in [4.78, 5) is 26.0. The largest absolute Gasteiger partial charge is 0.509 e. The molecule has 0 radical (unpaired) electrons. The van der Waals surface area contributed by atoms with Crippen LogP contribution in [0.2, 0.25) is 0 Å². The van der Waals surface area contributed by atoms with Crippen LogP contribution in [0.15, 0.2) is 47.3 Å². The van der Waals surface area contributed by atoms with Crippen LogP contribution in [0.4, 0.5) is 4.79 Å². The molecule has 162 valence electrons. The number of fused-ring (bicyclic) bond motifs is 8. The Balaban J connectivity index is 1.83. The van der Waals surface area contributed by atoms with Gasteiger partial charge in [-0.25, -0.2) is 4.79 Å². The van der Waals surface area contributed by atoms with E-state index in [1.54, 1.807) is 6.07 Å². The van der Waals surface area contributed by atoms with E-state index >= 15 is 0 Å². The minimum atomic E-state index is -0.811. The van der Waals surface area contributed by atoms with Crippen LogP contribution in [-0.2, 0) is 16.5 Å². The zero-order valence-electron chi connectivity index (χ0n) is 18.1. The summed E-state index contributed by atoms with van der Waals surface area (Å²) >= 11 is 0. The van der Waals surface area contributed by atoms with Crippen molar-refractivity contribution < 1.29 is 23.7 Å². The predicted molar refractivity (Wildman–Crippen MR) is 120 cm³/mol. The number of ether oxygens (including phenoxy) is 4. The van der Waals surface area contributed by atoms with E-state index in [1.807, 2.05) is 61.9 Å². The lowest BCUT2D eigenvalue weighted by molar-refractivity contribution is -0.0499. The number of rotatable bonds is 1. The highest BCUT2D eigenvalue weighted by atomic mass is 16.8. The molecule has 0 amide bonds. The number of aromatic nitrogens is 1. The van der Waals surface area contributed by atoms with Gasteiger partial charge in [-0.15, -0.1) is 0 Å². The highest BCUT2D eigenvalue weighted by Crippen LogP contribution is 2.51. The molecule has 1 aromatic heterocycles. The maximum atomic E-state index is 13.9. The van der Waals surface area contributed by atoms with Crippen molar-refractivity contribution in [1.82, 2.24) is 4.57 Å². The first-order valence-corrected chi connectivity index (χ1v) is 10.4. The lowest BCUT2D eigenvalue weighted by Gasteiger charge is -2.39. The second kappa shape index (κ2) is 6.16. The van der Waals surface area contributed by atoms with Crippen molar-refractivity contribution in [2.45, 2.75) is 31.7 Å². The molecule has 4 aromatic rings. The van der Waals surface area contributed by atoms with E-state index in [4.69, 9.17) is 18.9 Å². The van der Waals surface area contributed by atoms with E-state index in [0.29, 0.717) is 33.4 Å². The van der Waals surface area contributed by atoms with Crippen molar-refractivity contribution in [1.29, 1.82) is 0 Å². The highest BCUT2D eigenvalue weighted by Gasteiger charge is 2.54. The van der Waals surface area contributed by atoms with Crippen molar-refractivity contribution in [2.24, 2.45) is 7.05 Å². The van der Waals surface area contributed by atoms with Crippen LogP contribution < -0.4 is 14.9 Å². The molecule has 0 bridgehead atoms. The molecule has 1 fully saturated rings. The van der Waals surface area contributed by atoms with E-state index < -0.39 is 24.0 Å². The quantitative estimate of drug-likeness (QED) is 0.249. The van der Waals surface area contributed by atoms with E-state index in [2.05, 4.69) is 0 Å². The molecule has 3 aromatic carbocycles. The third kappa shape index (κ3) is 2.30. The number of nitrogens with zero attached hydrogens (tertiary/aromatic N) is 1. The lowest BCUT2D eigenvalue weighted by Crippen LogP contribution is -2.48. The summed E-state index contributed by atoms with van der Waals surface area (Å²) in [6.45, 7) is 3.69. The minimum Gasteiger partial charge on any atom is -0.496 e. The average molecular weight is 431 g/mol. The Labute approximate surface area is 183 Å². The maximum absolute atomic E-state index is 13.9. The van der Waals surface area contributed by atoms with Gasteiger partial charge in [0.05, 0.1) is 34.5 Å². The Bertz CT molecular complexity index is 1530. The molecular weight excluding hydrogens is 410 g/mol. The zero-order chi connectivity index (χ0) is 22.4. The molecule has 0 aliphatic carbocycles. The van der Waals surface area contributed by atoms with Gasteiger partial charge < -0.3 is 23.5 Å². The number of benzene rings is 3. The number of methoxy groups -OCH3 is 1. The van der Waals surface area contributed by atoms with Crippen LogP contribution in [0.25, 0.3) is 32.6 Å². The first-order valence-electron chi connectivity index (χ1n) is 10.4. The minimum absolute atomic E-state index is 0.142. The van der Waals surface area contributed by atoms with Crippen molar-refractivity contribution >= 4 is 38.7 Å². The Morgan fingerprint density at radius 2 is 1.81 bits per heavy atom. The summed E-state index contributed by atoms with van der Waals surface area (Å²) in [5.41, 5.74) is 1.04. The molecule has 3 heterocycles. The molecule has 1 saturated heterocycles. The van der Waals surface area contributed by atoms with Crippen LogP contribution in [-0.4, -0.2) is 29.5 Å². The first-order chi connectivity index (χ1) is 15.3. The van der Waals surface area contributed by atoms with Crippen LogP contribution >= 0.6 is 0 Å². The van der Waals surface area contributed by atoms with Crippen LogP contribution in [0.1, 0.15) is 25.5 Å². The Kier molecular flexibility index (Phi) is 3.65. The smallest absolute Gasteiger partial charge is 0.496 e. The topological polar surface area (TPSA) is 76.0 Å². The molecule has 2 atom stereocenters. The van der Waals surface area contributed by atoms with Gasteiger partial charge in [-0.05, 0) is 30.7 Å². The predicted octanol–water partition coefficient (Wildman–Crippen LogP) is 4.60. The van der Waals surface area contributed by atoms with Gasteiger partial charge in [0.15, 0.2) is 12.2 Å². The van der Waals surface area contributed by atoms with Gasteiger partial charge in [-0.2, -0.15) is 0 Å². The summed E-state index contributed by atoms with van der Waals surface area (Å²) in [6, 6.07) is 13.4. The van der Waals surface area contributed by atoms with E-state index in [9.17, 15) is 9.59 Å². The molecular formula is C25H21NO6. The number of aryl methyl sites for hydroxylation is 1. The Morgan fingerprint density at radius 3 is 2.59 bits per heavy atom. The summed E-state index contributed by atoms with van der Waals surface area (Å²) in [5.74, 6) is 0.919. The Hall–Kier alpha value is -3.74. The van der Waals surface area contributed by atoms with Crippen molar-refractivity contribution in [3.8, 4) is 11.5 Å². The number of pyridine rings is 1. The first kappa shape index (κ1) is 19.0. The summed E-state index contributed by atoms with van der Waals surface area (Å²) < 4.78 is 24.9. The SMILES string of the molecule is COc1cc2c(c3c1c(=O)c1c4ccccc4ccc1n3C)[C@H]1OC(=O)O[C@H]1C(C)(C)O2. The number of carbonyl (C=O) groups is 1. The molecule has 0 unspecified atom stereocenters. The normalized spacial score (nSPS) is 21.1. The van der Waals surface area contributed by atoms with E-state index in [-0.39, 0.29) is 5.43 Å². The standard InChI is InChI=1S/C25H21NO6/c1-25(2)23-22(30-24(28)31-23)19-16(32-25)11-15(29-4)18-20(19)26(3)14-10-9-12-7-5-6-8-13(12)17(14)21(18)27/h5-11,22-23H,1-4H3/t22-,23-/m1/s1. The molecule has 2 aliphatic heterocycles. The molecule has 7 nitrogen and oxygen atoms in total. The third-order valence-corrected chi connectivity index (χ3v) is 6.61. The summed E-state index contributed by atoms with van der Waals surface area (Å²) in [7, 11) is 3.42. The highest BCUT2D eigenvalue weighted by molar-refractivity contribution is 6.11. The average Bonchev–Trinajstić information content (AvgIpc) is 3.18. The van der Waals surface area contributed by atoms with Gasteiger partial charge in [0.2, 0.25) is 5.43 Å². The van der Waals surface area contributed by atoms with Crippen LogP contribution in [0, 0.1) is 0 Å². The van der Waals surface area contributed by atoms with Crippen molar-refractivity contribution in [2.75, 3.05) is 7.11 Å². The number of carbonyl (C=O) groups excluding carboxylic acids is 1. The molecule has 0 N–H and O–H groups in total. The monoisotopic (exact) mass is 431 g/mol. The molecule has 7 heteroatoms. The van der Waals surface area contributed by atoms with Gasteiger partial charge in [0.25, 0.3) is 0 Å².